The smallest absolute Gasteiger partial charge is 0.331 e. The van der Waals surface area contributed by atoms with Crippen LogP contribution < -0.4 is 17.2 Å². The summed E-state index contributed by atoms with van der Waals surface area (Å²) in [6, 6.07) is 3.07. The normalized spacial score (nSPS) is 32.9. The summed E-state index contributed by atoms with van der Waals surface area (Å²) < 4.78 is 0.0620. The van der Waals surface area contributed by atoms with E-state index in [9.17, 15) is 9.59 Å². The molecule has 0 aromatic carbocycles. The molecule has 1 unspecified atom stereocenters. The number of rotatable bonds is 6. The van der Waals surface area contributed by atoms with Gasteiger partial charge in [0.05, 0.1) is 6.54 Å². The van der Waals surface area contributed by atoms with Gasteiger partial charge in [-0.2, -0.15) is 0 Å². The van der Waals surface area contributed by atoms with Gasteiger partial charge in [0.2, 0.25) is 0 Å². The third-order valence-corrected chi connectivity index (χ3v) is 7.71. The van der Waals surface area contributed by atoms with Crippen molar-refractivity contribution in [2.75, 3.05) is 12.3 Å². The standard InChI is InChI=1S/C22H33N5O2/c23-18(11-15-5-2-1-3-6-15)20(28)27(14-16-8-9-19(24)26-13-16)10-4-7-17-12-22(17,27)21(25)29/h8-9,13,15,17-18H,1-7,10-12,14,23H2,(H3-,24,25,26,29)/p+1/t17-,18-,22+,27?/m1/s1. The highest BCUT2D eigenvalue weighted by molar-refractivity contribution is 5.90. The molecular formula is C22H34N5O2+. The second kappa shape index (κ2) is 7.69. The van der Waals surface area contributed by atoms with Crippen molar-refractivity contribution in [3.63, 3.8) is 0 Å². The van der Waals surface area contributed by atoms with Gasteiger partial charge >= 0.3 is 5.91 Å². The number of fused-ring (bicyclic) bond motifs is 1. The molecule has 1 aromatic rings. The van der Waals surface area contributed by atoms with Gasteiger partial charge in [0.1, 0.15) is 18.4 Å². The number of piperidine rings is 1. The number of amides is 2. The number of likely N-dealkylation sites (tertiary alicyclic amines) is 1. The average Bonchev–Trinajstić information content (AvgIpc) is 3.47. The predicted octanol–water partition coefficient (Wildman–Crippen LogP) is 1.84. The van der Waals surface area contributed by atoms with Crippen molar-refractivity contribution in [1.29, 1.82) is 0 Å². The molecule has 2 saturated carbocycles. The number of hydrogen-bond acceptors (Lipinski definition) is 5. The van der Waals surface area contributed by atoms with E-state index in [2.05, 4.69) is 4.98 Å². The van der Waals surface area contributed by atoms with Crippen molar-refractivity contribution in [2.45, 2.75) is 75.9 Å². The van der Waals surface area contributed by atoms with Crippen LogP contribution in [0.4, 0.5) is 5.82 Å². The second-order valence-corrected chi connectivity index (χ2v) is 9.46. The average molecular weight is 401 g/mol. The van der Waals surface area contributed by atoms with Crippen LogP contribution in [0.3, 0.4) is 0 Å². The molecule has 6 N–H and O–H groups in total. The van der Waals surface area contributed by atoms with Crippen molar-refractivity contribution in [3.05, 3.63) is 23.9 Å². The van der Waals surface area contributed by atoms with Crippen LogP contribution in [0.1, 0.15) is 63.4 Å². The fraction of sp³-hybridized carbons (Fsp3) is 0.682. The summed E-state index contributed by atoms with van der Waals surface area (Å²) >= 11 is 0. The number of pyridine rings is 1. The van der Waals surface area contributed by atoms with Gasteiger partial charge in [-0.3, -0.25) is 4.79 Å². The van der Waals surface area contributed by atoms with E-state index in [0.717, 1.165) is 31.2 Å². The molecule has 29 heavy (non-hydrogen) atoms. The zero-order valence-electron chi connectivity index (χ0n) is 17.2. The molecule has 1 aliphatic heterocycles. The molecule has 1 aromatic heterocycles. The number of aromatic nitrogens is 1. The third kappa shape index (κ3) is 3.44. The Hall–Kier alpha value is -1.99. The fourth-order valence-electron chi connectivity index (χ4n) is 6.15. The molecule has 7 heteroatoms. The summed E-state index contributed by atoms with van der Waals surface area (Å²) in [5.74, 6) is 0.747. The molecule has 1 saturated heterocycles. The number of nitrogens with two attached hydrogens (primary N) is 3. The minimum absolute atomic E-state index is 0.0200. The van der Waals surface area contributed by atoms with Crippen molar-refractivity contribution < 1.29 is 14.1 Å². The van der Waals surface area contributed by atoms with E-state index in [-0.39, 0.29) is 22.2 Å². The van der Waals surface area contributed by atoms with E-state index in [1.165, 1.54) is 19.3 Å². The number of hydrogen-bond donors (Lipinski definition) is 3. The number of anilines is 1. The Kier molecular flexibility index (Phi) is 5.38. The van der Waals surface area contributed by atoms with Crippen molar-refractivity contribution >= 4 is 17.6 Å². The Morgan fingerprint density at radius 1 is 1.17 bits per heavy atom. The van der Waals surface area contributed by atoms with Crippen LogP contribution in [0.15, 0.2) is 18.3 Å². The molecule has 3 fully saturated rings. The second-order valence-electron chi connectivity index (χ2n) is 9.46. The lowest BCUT2D eigenvalue weighted by Gasteiger charge is -2.46. The lowest BCUT2D eigenvalue weighted by molar-refractivity contribution is -0.900. The highest BCUT2D eigenvalue weighted by Gasteiger charge is 2.76. The predicted molar refractivity (Wildman–Crippen MR) is 111 cm³/mol. The molecular weight excluding hydrogens is 366 g/mol. The van der Waals surface area contributed by atoms with Gasteiger partial charge in [-0.1, -0.05) is 32.1 Å². The van der Waals surface area contributed by atoms with E-state index in [1.807, 2.05) is 6.07 Å². The molecule has 7 nitrogen and oxygen atoms in total. The number of carbonyl (C=O) groups is 2. The molecule has 4 atom stereocenters. The van der Waals surface area contributed by atoms with Gasteiger partial charge in [0.25, 0.3) is 5.91 Å². The molecule has 0 bridgehead atoms. The molecule has 2 aliphatic carbocycles. The Morgan fingerprint density at radius 3 is 2.59 bits per heavy atom. The molecule has 158 valence electrons. The van der Waals surface area contributed by atoms with E-state index in [0.29, 0.717) is 37.7 Å². The maximum Gasteiger partial charge on any atom is 0.331 e. The summed E-state index contributed by atoms with van der Waals surface area (Å²) in [6.45, 7) is 1.02. The van der Waals surface area contributed by atoms with Crippen molar-refractivity contribution in [3.8, 4) is 0 Å². The van der Waals surface area contributed by atoms with Crippen molar-refractivity contribution in [2.24, 2.45) is 23.3 Å². The minimum Gasteiger partial charge on any atom is -0.384 e. The Balaban J connectivity index is 1.65. The van der Waals surface area contributed by atoms with Gasteiger partial charge in [-0.05, 0) is 37.3 Å². The minimum atomic E-state index is -0.805. The summed E-state index contributed by atoms with van der Waals surface area (Å²) in [6.07, 6.45) is 11.0. The van der Waals surface area contributed by atoms with Gasteiger partial charge < -0.3 is 17.2 Å². The monoisotopic (exact) mass is 400 g/mol. The highest BCUT2D eigenvalue weighted by atomic mass is 16.2. The topological polar surface area (TPSA) is 125 Å². The summed E-state index contributed by atoms with van der Waals surface area (Å²) in [5.41, 5.74) is 18.3. The number of primary amides is 1. The molecule has 2 heterocycles. The maximum atomic E-state index is 13.9. The first-order valence-electron chi connectivity index (χ1n) is 11.1. The van der Waals surface area contributed by atoms with E-state index >= 15 is 0 Å². The zero-order valence-corrected chi connectivity index (χ0v) is 17.2. The molecule has 0 radical (unpaired) electrons. The number of carbonyl (C=O) groups excluding carboxylic acids is 2. The zero-order chi connectivity index (χ0) is 20.6. The van der Waals surface area contributed by atoms with Crippen LogP contribution in [-0.2, 0) is 16.1 Å². The van der Waals surface area contributed by atoms with Crippen molar-refractivity contribution in [1.82, 2.24) is 4.98 Å². The van der Waals surface area contributed by atoms with Crippen LogP contribution in [0.2, 0.25) is 0 Å². The third-order valence-electron chi connectivity index (χ3n) is 7.71. The van der Waals surface area contributed by atoms with Crippen LogP contribution in [0.5, 0.6) is 0 Å². The van der Waals surface area contributed by atoms with E-state index in [1.54, 1.807) is 12.3 Å². The molecule has 3 aliphatic rings. The lowest BCUT2D eigenvalue weighted by Crippen LogP contribution is -2.70. The SMILES string of the molecule is NC(=O)[C@]12C[C@H]1CCC[N+]2(Cc1ccc(N)nc1)C(=O)[C@H](N)CC1CCCCC1. The summed E-state index contributed by atoms with van der Waals surface area (Å²) in [4.78, 5) is 30.8. The largest absolute Gasteiger partial charge is 0.384 e. The van der Waals surface area contributed by atoms with Crippen LogP contribution in [-0.4, -0.2) is 39.4 Å². The molecule has 0 spiro atoms. The molecule has 2 amide bonds. The van der Waals surface area contributed by atoms with Crippen LogP contribution in [0, 0.1) is 11.8 Å². The number of nitrogen functional groups attached to an aromatic ring is 1. The fourth-order valence-corrected chi connectivity index (χ4v) is 6.15. The van der Waals surface area contributed by atoms with Gasteiger partial charge in [-0.25, -0.2) is 14.3 Å². The Bertz CT molecular complexity index is 776. The van der Waals surface area contributed by atoms with Gasteiger partial charge in [0, 0.05) is 24.1 Å². The molecule has 4 rings (SSSR count). The number of quaternary nitrogens is 1. The lowest BCUT2D eigenvalue weighted by atomic mass is 9.84. The first-order valence-corrected chi connectivity index (χ1v) is 11.1. The first-order chi connectivity index (χ1) is 13.9. The van der Waals surface area contributed by atoms with Gasteiger partial charge in [-0.15, -0.1) is 0 Å². The first kappa shape index (κ1) is 20.3. The van der Waals surface area contributed by atoms with Gasteiger partial charge in [0.15, 0.2) is 5.54 Å². The summed E-state index contributed by atoms with van der Waals surface area (Å²) in [7, 11) is 0. The number of nitrogens with zero attached hydrogens (tertiary/aromatic N) is 2. The Morgan fingerprint density at radius 2 is 1.93 bits per heavy atom. The quantitative estimate of drug-likeness (QED) is 0.628. The Labute approximate surface area is 172 Å². The van der Waals surface area contributed by atoms with E-state index < -0.39 is 11.6 Å². The van der Waals surface area contributed by atoms with Crippen LogP contribution >= 0.6 is 0 Å². The maximum absolute atomic E-state index is 13.9. The summed E-state index contributed by atoms with van der Waals surface area (Å²) in [5, 5.41) is 0. The highest BCUT2D eigenvalue weighted by Crippen LogP contribution is 2.59. The van der Waals surface area contributed by atoms with E-state index in [4.69, 9.17) is 17.2 Å². The van der Waals surface area contributed by atoms with Crippen LogP contribution in [0.25, 0.3) is 0 Å².